The van der Waals surface area contributed by atoms with Gasteiger partial charge in [0, 0.05) is 5.75 Å². The molecule has 7 nitrogen and oxygen atoms in total. The molecule has 0 amide bonds. The summed E-state index contributed by atoms with van der Waals surface area (Å²) < 4.78 is 12.5. The van der Waals surface area contributed by atoms with E-state index in [1.54, 1.807) is 30.5 Å². The van der Waals surface area contributed by atoms with Crippen LogP contribution in [-0.2, 0) is 17.0 Å². The summed E-state index contributed by atoms with van der Waals surface area (Å²) >= 11 is 1.54. The highest BCUT2D eigenvalue weighted by Crippen LogP contribution is 2.24. The standard InChI is InChI=1S/C18H20N4O3S/c1-12(2)24-16(23)15-9-8-14(25-15)10-22-17(19)20-21-18(22)26-11-13-6-4-3-5-7-13/h3-9,12H,10-11H2,1-2H3,(H2,19,20). The second kappa shape index (κ2) is 8.09. The van der Waals surface area contributed by atoms with E-state index < -0.39 is 5.97 Å². The quantitative estimate of drug-likeness (QED) is 0.502. The van der Waals surface area contributed by atoms with Gasteiger partial charge in [-0.15, -0.1) is 10.2 Å². The van der Waals surface area contributed by atoms with Gasteiger partial charge >= 0.3 is 5.97 Å². The average Bonchev–Trinajstić information content (AvgIpc) is 3.22. The molecule has 0 saturated carbocycles. The lowest BCUT2D eigenvalue weighted by atomic mass is 10.2. The van der Waals surface area contributed by atoms with Crippen LogP contribution in [0, 0.1) is 0 Å². The molecule has 2 aromatic heterocycles. The number of hydrogen-bond donors (Lipinski definition) is 1. The van der Waals surface area contributed by atoms with Crippen LogP contribution in [0.4, 0.5) is 5.95 Å². The van der Waals surface area contributed by atoms with Gasteiger partial charge in [0.15, 0.2) is 5.16 Å². The van der Waals surface area contributed by atoms with Crippen LogP contribution in [0.5, 0.6) is 0 Å². The topological polar surface area (TPSA) is 96.2 Å². The molecular weight excluding hydrogens is 352 g/mol. The van der Waals surface area contributed by atoms with E-state index in [-0.39, 0.29) is 11.9 Å². The van der Waals surface area contributed by atoms with Crippen molar-refractivity contribution in [3.05, 3.63) is 59.5 Å². The van der Waals surface area contributed by atoms with Crippen LogP contribution >= 0.6 is 11.8 Å². The zero-order valence-electron chi connectivity index (χ0n) is 14.6. The second-order valence-electron chi connectivity index (χ2n) is 5.92. The van der Waals surface area contributed by atoms with Gasteiger partial charge in [-0.05, 0) is 31.5 Å². The van der Waals surface area contributed by atoms with Gasteiger partial charge in [0.2, 0.25) is 11.7 Å². The number of nitrogens with two attached hydrogens (primary N) is 1. The first-order chi connectivity index (χ1) is 12.5. The van der Waals surface area contributed by atoms with Crippen LogP contribution in [-0.4, -0.2) is 26.8 Å². The number of carbonyl (C=O) groups is 1. The lowest BCUT2D eigenvalue weighted by Crippen LogP contribution is -2.10. The number of nitrogen functional groups attached to an aromatic ring is 1. The minimum atomic E-state index is -0.485. The number of rotatable bonds is 7. The molecule has 1 aromatic carbocycles. The van der Waals surface area contributed by atoms with Crippen molar-refractivity contribution in [3.8, 4) is 0 Å². The molecule has 0 atom stereocenters. The Morgan fingerprint density at radius 3 is 2.73 bits per heavy atom. The van der Waals surface area contributed by atoms with Crippen LogP contribution < -0.4 is 5.73 Å². The van der Waals surface area contributed by atoms with Gasteiger partial charge in [-0.1, -0.05) is 42.1 Å². The van der Waals surface area contributed by atoms with E-state index in [9.17, 15) is 4.79 Å². The molecule has 8 heteroatoms. The van der Waals surface area contributed by atoms with E-state index in [1.165, 1.54) is 17.3 Å². The Morgan fingerprint density at radius 2 is 2.00 bits per heavy atom. The molecule has 26 heavy (non-hydrogen) atoms. The molecule has 0 unspecified atom stereocenters. The average molecular weight is 372 g/mol. The predicted molar refractivity (Wildman–Crippen MR) is 98.8 cm³/mol. The molecule has 136 valence electrons. The smallest absolute Gasteiger partial charge is 0.374 e. The predicted octanol–water partition coefficient (Wildman–Crippen LogP) is 3.36. The Morgan fingerprint density at radius 1 is 1.23 bits per heavy atom. The molecule has 0 aliphatic heterocycles. The van der Waals surface area contributed by atoms with E-state index in [0.29, 0.717) is 23.4 Å². The number of nitrogens with zero attached hydrogens (tertiary/aromatic N) is 3. The number of carbonyl (C=O) groups excluding carboxylic acids is 1. The Hall–Kier alpha value is -2.74. The van der Waals surface area contributed by atoms with Gasteiger partial charge in [-0.3, -0.25) is 4.57 Å². The van der Waals surface area contributed by atoms with Crippen molar-refractivity contribution in [1.82, 2.24) is 14.8 Å². The highest BCUT2D eigenvalue weighted by atomic mass is 32.2. The molecular formula is C18H20N4O3S. The third kappa shape index (κ3) is 4.45. The number of esters is 1. The normalized spacial score (nSPS) is 11.0. The summed E-state index contributed by atoms with van der Waals surface area (Å²) in [5.74, 6) is 1.31. The fourth-order valence-electron chi connectivity index (χ4n) is 2.28. The maximum Gasteiger partial charge on any atom is 0.374 e. The number of aromatic nitrogens is 3. The first kappa shape index (κ1) is 18.1. The van der Waals surface area contributed by atoms with Crippen molar-refractivity contribution in [2.75, 3.05) is 5.73 Å². The monoisotopic (exact) mass is 372 g/mol. The number of ether oxygens (including phenoxy) is 1. The minimum absolute atomic E-state index is 0.166. The van der Waals surface area contributed by atoms with E-state index in [1.807, 2.05) is 18.2 Å². The Kier molecular flexibility index (Phi) is 5.62. The molecule has 2 N–H and O–H groups in total. The van der Waals surface area contributed by atoms with Crippen LogP contribution in [0.1, 0.15) is 35.7 Å². The van der Waals surface area contributed by atoms with E-state index in [0.717, 1.165) is 5.75 Å². The second-order valence-corrected chi connectivity index (χ2v) is 6.86. The molecule has 0 spiro atoms. The lowest BCUT2D eigenvalue weighted by Gasteiger charge is -2.07. The van der Waals surface area contributed by atoms with Crippen LogP contribution in [0.15, 0.2) is 52.0 Å². The molecule has 3 rings (SSSR count). The minimum Gasteiger partial charge on any atom is -0.457 e. The fourth-order valence-corrected chi connectivity index (χ4v) is 3.18. The van der Waals surface area contributed by atoms with E-state index >= 15 is 0 Å². The van der Waals surface area contributed by atoms with Crippen molar-refractivity contribution in [2.45, 2.75) is 37.4 Å². The van der Waals surface area contributed by atoms with Gasteiger partial charge in [0.1, 0.15) is 5.76 Å². The Bertz CT molecular complexity index is 874. The molecule has 0 radical (unpaired) electrons. The molecule has 3 aromatic rings. The van der Waals surface area contributed by atoms with Crippen LogP contribution in [0.2, 0.25) is 0 Å². The zero-order chi connectivity index (χ0) is 18.5. The maximum absolute atomic E-state index is 11.9. The van der Waals surface area contributed by atoms with Crippen molar-refractivity contribution >= 4 is 23.7 Å². The SMILES string of the molecule is CC(C)OC(=O)c1ccc(Cn2c(N)nnc2SCc2ccccc2)o1. The molecule has 2 heterocycles. The third-order valence-corrected chi connectivity index (χ3v) is 4.51. The molecule has 0 aliphatic carbocycles. The summed E-state index contributed by atoms with van der Waals surface area (Å²) in [5, 5.41) is 8.76. The highest BCUT2D eigenvalue weighted by Gasteiger charge is 2.17. The third-order valence-electron chi connectivity index (χ3n) is 3.48. The summed E-state index contributed by atoms with van der Waals surface area (Å²) in [6.07, 6.45) is -0.203. The first-order valence-electron chi connectivity index (χ1n) is 8.18. The van der Waals surface area contributed by atoms with Gasteiger partial charge in [-0.25, -0.2) is 4.79 Å². The number of furan rings is 1. The van der Waals surface area contributed by atoms with Crippen molar-refractivity contribution in [3.63, 3.8) is 0 Å². The molecule has 0 fully saturated rings. The summed E-state index contributed by atoms with van der Waals surface area (Å²) in [4.78, 5) is 11.9. The summed E-state index contributed by atoms with van der Waals surface area (Å²) in [5.41, 5.74) is 7.12. The van der Waals surface area contributed by atoms with Gasteiger partial charge in [-0.2, -0.15) is 0 Å². The Balaban J connectivity index is 1.69. The number of thioether (sulfide) groups is 1. The molecule has 0 saturated heterocycles. The van der Waals surface area contributed by atoms with Crippen molar-refractivity contribution < 1.29 is 13.9 Å². The van der Waals surface area contributed by atoms with Crippen molar-refractivity contribution in [2.24, 2.45) is 0 Å². The van der Waals surface area contributed by atoms with Gasteiger partial charge in [0.05, 0.1) is 12.6 Å². The van der Waals surface area contributed by atoms with Crippen LogP contribution in [0.3, 0.4) is 0 Å². The van der Waals surface area contributed by atoms with Crippen molar-refractivity contribution in [1.29, 1.82) is 0 Å². The number of anilines is 1. The fraction of sp³-hybridized carbons (Fsp3) is 0.278. The zero-order valence-corrected chi connectivity index (χ0v) is 15.4. The van der Waals surface area contributed by atoms with E-state index in [2.05, 4.69) is 22.3 Å². The largest absolute Gasteiger partial charge is 0.457 e. The van der Waals surface area contributed by atoms with Gasteiger partial charge in [0.25, 0.3) is 0 Å². The molecule has 0 aliphatic rings. The lowest BCUT2D eigenvalue weighted by molar-refractivity contribution is 0.0339. The van der Waals surface area contributed by atoms with Crippen LogP contribution in [0.25, 0.3) is 0 Å². The highest BCUT2D eigenvalue weighted by molar-refractivity contribution is 7.98. The summed E-state index contributed by atoms with van der Waals surface area (Å²) in [7, 11) is 0. The maximum atomic E-state index is 11.9. The summed E-state index contributed by atoms with van der Waals surface area (Å²) in [6.45, 7) is 3.91. The Labute approximate surface area is 155 Å². The first-order valence-corrected chi connectivity index (χ1v) is 9.16. The molecule has 0 bridgehead atoms. The number of hydrogen-bond acceptors (Lipinski definition) is 7. The number of benzene rings is 1. The summed E-state index contributed by atoms with van der Waals surface area (Å²) in [6, 6.07) is 13.4. The van der Waals surface area contributed by atoms with Gasteiger partial charge < -0.3 is 14.9 Å². The van der Waals surface area contributed by atoms with E-state index in [4.69, 9.17) is 14.9 Å².